The van der Waals surface area contributed by atoms with Gasteiger partial charge in [-0.1, -0.05) is 12.1 Å². The molecule has 0 radical (unpaired) electrons. The molecule has 0 fully saturated rings. The van der Waals surface area contributed by atoms with Gasteiger partial charge in [0.2, 0.25) is 5.95 Å². The standard InChI is InChI=1S/C23H18N6O/c1-2-27-20-8-5-12-24-21(20)29(23(27)30)16-9-10-19-15(14-16)11-13-28(19)22-25-17-6-3-4-7-18(17)26-22/h3-14H,2H2,1H3,(H,25,26). The second-order valence-electron chi connectivity index (χ2n) is 7.21. The van der Waals surface area contributed by atoms with Gasteiger partial charge in [0.1, 0.15) is 0 Å². The predicted octanol–water partition coefficient (Wildman–Crippen LogP) is 4.03. The lowest BCUT2D eigenvalue weighted by Crippen LogP contribution is -2.22. The van der Waals surface area contributed by atoms with Crippen LogP contribution in [-0.2, 0) is 6.54 Å². The number of pyridine rings is 1. The Bertz CT molecular complexity index is 1580. The first-order chi connectivity index (χ1) is 14.7. The molecule has 6 aromatic rings. The van der Waals surface area contributed by atoms with E-state index in [1.54, 1.807) is 15.3 Å². The average Bonchev–Trinajstić information content (AvgIpc) is 3.45. The largest absolute Gasteiger partial charge is 0.334 e. The zero-order valence-electron chi connectivity index (χ0n) is 16.3. The van der Waals surface area contributed by atoms with Crippen LogP contribution in [0.4, 0.5) is 0 Å². The van der Waals surface area contributed by atoms with Crippen molar-refractivity contribution in [3.8, 4) is 11.6 Å². The van der Waals surface area contributed by atoms with Crippen molar-refractivity contribution in [3.05, 3.63) is 83.5 Å². The highest BCUT2D eigenvalue weighted by atomic mass is 16.1. The minimum Gasteiger partial charge on any atom is -0.323 e. The minimum atomic E-state index is -0.0812. The molecule has 146 valence electrons. The van der Waals surface area contributed by atoms with Crippen LogP contribution in [-0.4, -0.2) is 28.7 Å². The molecule has 4 aromatic heterocycles. The summed E-state index contributed by atoms with van der Waals surface area (Å²) in [5, 5.41) is 1.02. The first-order valence-corrected chi connectivity index (χ1v) is 9.87. The lowest BCUT2D eigenvalue weighted by atomic mass is 10.2. The summed E-state index contributed by atoms with van der Waals surface area (Å²) in [4.78, 5) is 25.6. The number of aromatic amines is 1. The van der Waals surface area contributed by atoms with Crippen LogP contribution in [0.2, 0.25) is 0 Å². The van der Waals surface area contributed by atoms with Crippen molar-refractivity contribution in [2.45, 2.75) is 13.5 Å². The first kappa shape index (κ1) is 16.8. The van der Waals surface area contributed by atoms with E-state index in [1.165, 1.54) is 0 Å². The lowest BCUT2D eigenvalue weighted by Gasteiger charge is -2.05. The Balaban J connectivity index is 1.54. The van der Waals surface area contributed by atoms with Gasteiger partial charge in [0.05, 0.1) is 27.8 Å². The number of imidazole rings is 2. The number of para-hydroxylation sites is 2. The lowest BCUT2D eigenvalue weighted by molar-refractivity contribution is 0.734. The van der Waals surface area contributed by atoms with Crippen LogP contribution in [0.5, 0.6) is 0 Å². The van der Waals surface area contributed by atoms with Gasteiger partial charge >= 0.3 is 5.69 Å². The van der Waals surface area contributed by atoms with Gasteiger partial charge in [0.15, 0.2) is 5.65 Å². The smallest absolute Gasteiger partial charge is 0.323 e. The fourth-order valence-electron chi connectivity index (χ4n) is 4.13. The van der Waals surface area contributed by atoms with Crippen molar-refractivity contribution in [1.82, 2.24) is 28.7 Å². The van der Waals surface area contributed by atoms with Crippen LogP contribution in [0.25, 0.3) is 44.7 Å². The first-order valence-electron chi connectivity index (χ1n) is 9.87. The van der Waals surface area contributed by atoms with Crippen molar-refractivity contribution >= 4 is 33.1 Å². The molecule has 1 N–H and O–H groups in total. The van der Waals surface area contributed by atoms with Gasteiger partial charge in [-0.2, -0.15) is 0 Å². The Morgan fingerprint density at radius 2 is 1.90 bits per heavy atom. The van der Waals surface area contributed by atoms with Gasteiger partial charge in [0.25, 0.3) is 0 Å². The van der Waals surface area contributed by atoms with Gasteiger partial charge < -0.3 is 4.98 Å². The van der Waals surface area contributed by atoms with Crippen molar-refractivity contribution in [2.24, 2.45) is 0 Å². The number of fused-ring (bicyclic) bond motifs is 3. The maximum absolute atomic E-state index is 13.0. The van der Waals surface area contributed by atoms with Gasteiger partial charge in [0, 0.05) is 24.3 Å². The van der Waals surface area contributed by atoms with Gasteiger partial charge in [-0.15, -0.1) is 0 Å². The maximum Gasteiger partial charge on any atom is 0.334 e. The number of nitrogens with one attached hydrogen (secondary N) is 1. The molecular weight excluding hydrogens is 376 g/mol. The monoisotopic (exact) mass is 394 g/mol. The van der Waals surface area contributed by atoms with E-state index in [9.17, 15) is 4.79 Å². The van der Waals surface area contributed by atoms with Crippen molar-refractivity contribution < 1.29 is 0 Å². The molecule has 0 saturated heterocycles. The Morgan fingerprint density at radius 1 is 1.00 bits per heavy atom. The van der Waals surface area contributed by atoms with Crippen LogP contribution in [0, 0.1) is 0 Å². The molecular formula is C23H18N6O. The summed E-state index contributed by atoms with van der Waals surface area (Å²) in [5.74, 6) is 0.764. The number of H-pyrrole nitrogens is 1. The van der Waals surface area contributed by atoms with Gasteiger partial charge in [-0.3, -0.25) is 9.13 Å². The van der Waals surface area contributed by atoms with Crippen LogP contribution in [0.3, 0.4) is 0 Å². The predicted molar refractivity (Wildman–Crippen MR) is 117 cm³/mol. The van der Waals surface area contributed by atoms with Crippen LogP contribution < -0.4 is 5.69 Å². The SMILES string of the molecule is CCn1c(=O)n(-c2ccc3c(ccn3-c3nc4ccccc4[nH]3)c2)c2ncccc21. The fourth-order valence-corrected chi connectivity index (χ4v) is 4.13. The van der Waals surface area contributed by atoms with Crippen molar-refractivity contribution in [3.63, 3.8) is 0 Å². The fraction of sp³-hybridized carbons (Fsp3) is 0.0870. The molecule has 7 heteroatoms. The Morgan fingerprint density at radius 3 is 2.77 bits per heavy atom. The van der Waals surface area contributed by atoms with Crippen LogP contribution in [0.1, 0.15) is 6.92 Å². The summed E-state index contributed by atoms with van der Waals surface area (Å²) in [7, 11) is 0. The normalized spacial score (nSPS) is 11.8. The average molecular weight is 394 g/mol. The van der Waals surface area contributed by atoms with Crippen LogP contribution in [0.15, 0.2) is 77.9 Å². The van der Waals surface area contributed by atoms with E-state index >= 15 is 0 Å². The van der Waals surface area contributed by atoms with Crippen LogP contribution >= 0.6 is 0 Å². The third-order valence-electron chi connectivity index (χ3n) is 5.54. The molecule has 4 heterocycles. The molecule has 0 spiro atoms. The summed E-state index contributed by atoms with van der Waals surface area (Å²) < 4.78 is 5.44. The van der Waals surface area contributed by atoms with E-state index in [-0.39, 0.29) is 5.69 Å². The Labute approximate surface area is 170 Å². The molecule has 0 atom stereocenters. The van der Waals surface area contributed by atoms with E-state index in [4.69, 9.17) is 4.98 Å². The quantitative estimate of drug-likeness (QED) is 0.493. The zero-order valence-corrected chi connectivity index (χ0v) is 16.3. The molecule has 0 saturated carbocycles. The number of hydrogen-bond acceptors (Lipinski definition) is 3. The van der Waals surface area contributed by atoms with Crippen molar-refractivity contribution in [1.29, 1.82) is 0 Å². The number of hydrogen-bond donors (Lipinski definition) is 1. The summed E-state index contributed by atoms with van der Waals surface area (Å²) in [6, 6.07) is 19.8. The number of benzene rings is 2. The Hall–Kier alpha value is -4.13. The van der Waals surface area contributed by atoms with Gasteiger partial charge in [-0.25, -0.2) is 19.3 Å². The number of rotatable bonds is 3. The molecule has 0 amide bonds. The second kappa shape index (κ2) is 6.18. The molecule has 0 aliphatic rings. The number of aromatic nitrogens is 6. The summed E-state index contributed by atoms with van der Waals surface area (Å²) in [6.45, 7) is 2.56. The highest BCUT2D eigenvalue weighted by molar-refractivity contribution is 5.85. The molecule has 0 aliphatic carbocycles. The maximum atomic E-state index is 13.0. The zero-order chi connectivity index (χ0) is 20.2. The summed E-state index contributed by atoms with van der Waals surface area (Å²) in [6.07, 6.45) is 3.71. The summed E-state index contributed by atoms with van der Waals surface area (Å²) >= 11 is 0. The molecule has 2 aromatic carbocycles. The minimum absolute atomic E-state index is 0.0812. The highest BCUT2D eigenvalue weighted by Crippen LogP contribution is 2.24. The Kier molecular flexibility index (Phi) is 3.46. The summed E-state index contributed by atoms with van der Waals surface area (Å²) in [5.41, 5.74) is 5.16. The molecule has 0 unspecified atom stereocenters. The van der Waals surface area contributed by atoms with E-state index in [0.29, 0.717) is 12.2 Å². The van der Waals surface area contributed by atoms with Crippen molar-refractivity contribution in [2.75, 3.05) is 0 Å². The van der Waals surface area contributed by atoms with E-state index in [0.717, 1.165) is 39.1 Å². The topological polar surface area (TPSA) is 73.4 Å². The third kappa shape index (κ3) is 2.29. The number of nitrogens with zero attached hydrogens (tertiary/aromatic N) is 5. The van der Waals surface area contributed by atoms with E-state index in [2.05, 4.69) is 9.97 Å². The number of aryl methyl sites for hydroxylation is 1. The van der Waals surface area contributed by atoms with Gasteiger partial charge in [-0.05, 0) is 55.5 Å². The van der Waals surface area contributed by atoms with E-state index in [1.807, 2.05) is 78.4 Å². The highest BCUT2D eigenvalue weighted by Gasteiger charge is 2.16. The molecule has 7 nitrogen and oxygen atoms in total. The molecule has 6 rings (SSSR count). The molecule has 0 bridgehead atoms. The second-order valence-corrected chi connectivity index (χ2v) is 7.21. The van der Waals surface area contributed by atoms with E-state index < -0.39 is 0 Å². The molecule has 0 aliphatic heterocycles. The third-order valence-corrected chi connectivity index (χ3v) is 5.54. The molecule has 30 heavy (non-hydrogen) atoms.